The van der Waals surface area contributed by atoms with Crippen molar-refractivity contribution in [1.82, 2.24) is 4.98 Å². The van der Waals surface area contributed by atoms with Crippen molar-refractivity contribution in [3.63, 3.8) is 0 Å². The number of halogens is 4. The lowest BCUT2D eigenvalue weighted by Gasteiger charge is -2.02. The molecule has 0 atom stereocenters. The molecule has 0 N–H and O–H groups in total. The van der Waals surface area contributed by atoms with E-state index in [0.29, 0.717) is 0 Å². The SMILES string of the molecule is Cc1nc(C(F)F)cc(I)c1F. The van der Waals surface area contributed by atoms with Crippen molar-refractivity contribution in [2.75, 3.05) is 0 Å². The lowest BCUT2D eigenvalue weighted by Crippen LogP contribution is -1.98. The van der Waals surface area contributed by atoms with E-state index in [1.54, 1.807) is 22.6 Å². The van der Waals surface area contributed by atoms with Crippen LogP contribution in [0, 0.1) is 16.3 Å². The lowest BCUT2D eigenvalue weighted by molar-refractivity contribution is 0.145. The van der Waals surface area contributed by atoms with Crippen LogP contribution in [0.4, 0.5) is 13.2 Å². The van der Waals surface area contributed by atoms with Crippen LogP contribution >= 0.6 is 22.6 Å². The first kappa shape index (κ1) is 9.76. The molecule has 1 nitrogen and oxygen atoms in total. The molecule has 1 aromatic heterocycles. The number of alkyl halides is 2. The maximum absolute atomic E-state index is 12.9. The van der Waals surface area contributed by atoms with Gasteiger partial charge in [0.2, 0.25) is 0 Å². The summed E-state index contributed by atoms with van der Waals surface area (Å²) in [5.74, 6) is -0.528. The fourth-order valence-corrected chi connectivity index (χ4v) is 1.46. The minimum atomic E-state index is -2.64. The molecule has 0 amide bonds. The molecular formula is C7H5F3IN. The Labute approximate surface area is 81.1 Å². The number of aromatic nitrogens is 1. The second kappa shape index (κ2) is 3.59. The Morgan fingerprint density at radius 2 is 2.08 bits per heavy atom. The van der Waals surface area contributed by atoms with Gasteiger partial charge in [0.1, 0.15) is 5.69 Å². The summed E-state index contributed by atoms with van der Waals surface area (Å²) in [6.45, 7) is 1.36. The molecule has 0 saturated heterocycles. The van der Waals surface area contributed by atoms with Gasteiger partial charge >= 0.3 is 0 Å². The van der Waals surface area contributed by atoms with Gasteiger partial charge in [-0.25, -0.2) is 18.2 Å². The summed E-state index contributed by atoms with van der Waals surface area (Å²) in [6, 6.07) is 1.05. The van der Waals surface area contributed by atoms with Gasteiger partial charge in [-0.3, -0.25) is 0 Å². The predicted octanol–water partition coefficient (Wildman–Crippen LogP) is 3.07. The maximum Gasteiger partial charge on any atom is 0.280 e. The quantitative estimate of drug-likeness (QED) is 0.723. The Hall–Kier alpha value is -0.330. The monoisotopic (exact) mass is 287 g/mol. The highest BCUT2D eigenvalue weighted by atomic mass is 127. The third kappa shape index (κ3) is 1.88. The smallest absolute Gasteiger partial charge is 0.249 e. The van der Waals surface area contributed by atoms with Gasteiger partial charge in [-0.05, 0) is 35.6 Å². The van der Waals surface area contributed by atoms with E-state index in [1.807, 2.05) is 0 Å². The van der Waals surface area contributed by atoms with Crippen LogP contribution < -0.4 is 0 Å². The molecule has 0 aromatic carbocycles. The zero-order valence-corrected chi connectivity index (χ0v) is 8.27. The summed E-state index contributed by atoms with van der Waals surface area (Å²) in [7, 11) is 0. The van der Waals surface area contributed by atoms with Crippen LogP contribution in [0.1, 0.15) is 17.8 Å². The van der Waals surface area contributed by atoms with Crippen molar-refractivity contribution >= 4 is 22.6 Å². The van der Waals surface area contributed by atoms with Crippen molar-refractivity contribution in [3.8, 4) is 0 Å². The van der Waals surface area contributed by atoms with Gasteiger partial charge < -0.3 is 0 Å². The van der Waals surface area contributed by atoms with Gasteiger partial charge in [0.25, 0.3) is 6.43 Å². The standard InChI is InChI=1S/C7H5F3IN/c1-3-6(8)4(11)2-5(12-3)7(9)10/h2,7H,1H3. The van der Waals surface area contributed by atoms with Crippen molar-refractivity contribution in [2.45, 2.75) is 13.3 Å². The minimum absolute atomic E-state index is 0.0113. The predicted molar refractivity (Wildman–Crippen MR) is 46.6 cm³/mol. The Kier molecular flexibility index (Phi) is 2.92. The summed E-state index contributed by atoms with van der Waals surface area (Å²) < 4.78 is 37.2. The number of hydrogen-bond donors (Lipinski definition) is 0. The maximum atomic E-state index is 12.9. The molecule has 5 heteroatoms. The molecule has 0 aliphatic carbocycles. The largest absolute Gasteiger partial charge is 0.280 e. The minimum Gasteiger partial charge on any atom is -0.249 e. The van der Waals surface area contributed by atoms with Crippen LogP contribution in [0.5, 0.6) is 0 Å². The van der Waals surface area contributed by atoms with Crippen LogP contribution in [0.15, 0.2) is 6.07 Å². The summed E-state index contributed by atoms with van der Waals surface area (Å²) in [5.41, 5.74) is -0.365. The summed E-state index contributed by atoms with van der Waals surface area (Å²) in [4.78, 5) is 3.40. The molecule has 1 heterocycles. The van der Waals surface area contributed by atoms with E-state index in [-0.39, 0.29) is 15.0 Å². The Morgan fingerprint density at radius 3 is 2.50 bits per heavy atom. The highest BCUT2D eigenvalue weighted by Gasteiger charge is 2.13. The first-order valence-corrected chi connectivity index (χ1v) is 4.21. The molecule has 1 rings (SSSR count). The second-order valence-corrected chi connectivity index (χ2v) is 3.39. The van der Waals surface area contributed by atoms with E-state index in [1.165, 1.54) is 6.92 Å². The number of pyridine rings is 1. The van der Waals surface area contributed by atoms with E-state index in [4.69, 9.17) is 0 Å². The number of aryl methyl sites for hydroxylation is 1. The van der Waals surface area contributed by atoms with Crippen molar-refractivity contribution in [2.24, 2.45) is 0 Å². The molecule has 0 bridgehead atoms. The van der Waals surface area contributed by atoms with Gasteiger partial charge in [-0.15, -0.1) is 0 Å². The summed E-state index contributed by atoms with van der Waals surface area (Å²) >= 11 is 1.66. The van der Waals surface area contributed by atoms with E-state index in [0.717, 1.165) is 6.07 Å². The molecule has 1 aromatic rings. The van der Waals surface area contributed by atoms with Crippen LogP contribution in [0.25, 0.3) is 0 Å². The van der Waals surface area contributed by atoms with Gasteiger partial charge in [-0.2, -0.15) is 0 Å². The van der Waals surface area contributed by atoms with Crippen LogP contribution in [-0.4, -0.2) is 4.98 Å². The molecule has 0 saturated carbocycles. The molecule has 0 fully saturated rings. The molecule has 0 spiro atoms. The van der Waals surface area contributed by atoms with Gasteiger partial charge in [0, 0.05) is 0 Å². The average Bonchev–Trinajstić information content (AvgIpc) is 1.99. The van der Waals surface area contributed by atoms with Crippen molar-refractivity contribution in [1.29, 1.82) is 0 Å². The van der Waals surface area contributed by atoms with Crippen LogP contribution in [-0.2, 0) is 0 Å². The zero-order valence-electron chi connectivity index (χ0n) is 6.11. The van der Waals surface area contributed by atoms with Gasteiger partial charge in [0.15, 0.2) is 5.82 Å². The fourth-order valence-electron chi connectivity index (χ4n) is 0.753. The highest BCUT2D eigenvalue weighted by Crippen LogP contribution is 2.21. The lowest BCUT2D eigenvalue weighted by atomic mass is 10.3. The van der Waals surface area contributed by atoms with Gasteiger partial charge in [0.05, 0.1) is 9.26 Å². The Morgan fingerprint density at radius 1 is 1.50 bits per heavy atom. The third-order valence-corrected chi connectivity index (χ3v) is 2.11. The first-order chi connectivity index (χ1) is 5.52. The van der Waals surface area contributed by atoms with E-state index < -0.39 is 12.2 Å². The molecule has 0 aliphatic heterocycles. The number of rotatable bonds is 1. The zero-order chi connectivity index (χ0) is 9.30. The number of hydrogen-bond acceptors (Lipinski definition) is 1. The van der Waals surface area contributed by atoms with Crippen molar-refractivity contribution in [3.05, 3.63) is 26.8 Å². The van der Waals surface area contributed by atoms with Gasteiger partial charge in [-0.1, -0.05) is 0 Å². The van der Waals surface area contributed by atoms with E-state index >= 15 is 0 Å². The van der Waals surface area contributed by atoms with E-state index in [9.17, 15) is 13.2 Å². The molecule has 0 unspecified atom stereocenters. The second-order valence-electron chi connectivity index (χ2n) is 2.23. The molecule has 66 valence electrons. The third-order valence-electron chi connectivity index (χ3n) is 1.32. The molecular weight excluding hydrogens is 282 g/mol. The summed E-state index contributed by atoms with van der Waals surface area (Å²) in [5, 5.41) is 0. The molecule has 0 aliphatic rings. The fraction of sp³-hybridized carbons (Fsp3) is 0.286. The topological polar surface area (TPSA) is 12.9 Å². The Bertz CT molecular complexity index is 278. The molecule has 12 heavy (non-hydrogen) atoms. The van der Waals surface area contributed by atoms with Crippen molar-refractivity contribution < 1.29 is 13.2 Å². The normalized spacial score (nSPS) is 10.8. The number of nitrogens with zero attached hydrogens (tertiary/aromatic N) is 1. The highest BCUT2D eigenvalue weighted by molar-refractivity contribution is 14.1. The Balaban J connectivity index is 3.21. The molecule has 0 radical (unpaired) electrons. The summed E-state index contributed by atoms with van der Waals surface area (Å²) in [6.07, 6.45) is -2.64. The first-order valence-electron chi connectivity index (χ1n) is 3.13. The van der Waals surface area contributed by atoms with E-state index in [2.05, 4.69) is 4.98 Å². The van der Waals surface area contributed by atoms with Crippen LogP contribution in [0.2, 0.25) is 0 Å². The average molecular weight is 287 g/mol. The van der Waals surface area contributed by atoms with Crippen LogP contribution in [0.3, 0.4) is 0 Å².